The summed E-state index contributed by atoms with van der Waals surface area (Å²) in [5.41, 5.74) is 0. The predicted molar refractivity (Wildman–Crippen MR) is 57.6 cm³/mol. The molecule has 0 aliphatic heterocycles. The maximum Gasteiger partial charge on any atom is 0.338 e. The van der Waals surface area contributed by atoms with Crippen molar-refractivity contribution in [1.29, 1.82) is 0 Å². The highest BCUT2D eigenvalue weighted by molar-refractivity contribution is 5.93. The lowest BCUT2D eigenvalue weighted by Gasteiger charge is -1.95. The molecule has 0 aliphatic rings. The number of nitrogens with one attached hydrogen (secondary N) is 2. The van der Waals surface area contributed by atoms with Crippen LogP contribution in [0.15, 0.2) is 36.9 Å². The van der Waals surface area contributed by atoms with E-state index in [1.165, 1.54) is 24.8 Å². The van der Waals surface area contributed by atoms with Gasteiger partial charge in [-0.25, -0.2) is 19.6 Å². The molecule has 0 saturated carbocycles. The number of carbonyl (C=O) groups excluding carboxylic acids is 2. The second kappa shape index (κ2) is 5.43. The van der Waals surface area contributed by atoms with Gasteiger partial charge in [0.15, 0.2) is 0 Å². The highest BCUT2D eigenvalue weighted by Gasteiger charge is 2.05. The molecule has 8 nitrogen and oxygen atoms in total. The number of rotatable bonds is 4. The number of hydrogen-bond acceptors (Lipinski definition) is 6. The summed E-state index contributed by atoms with van der Waals surface area (Å²) in [5.74, 6) is -1.50. The summed E-state index contributed by atoms with van der Waals surface area (Å²) in [5, 5.41) is 0. The molecule has 0 unspecified atom stereocenters. The normalized spacial score (nSPS) is 10.4. The highest BCUT2D eigenvalue weighted by atomic mass is 16.6. The number of carbonyl (C=O) groups is 2. The molecule has 2 aromatic heterocycles. The van der Waals surface area contributed by atoms with Crippen LogP contribution in [0.2, 0.25) is 0 Å². The molecule has 0 fully saturated rings. The van der Waals surface area contributed by atoms with Crippen molar-refractivity contribution in [1.82, 2.24) is 19.9 Å². The van der Waals surface area contributed by atoms with Gasteiger partial charge in [0.1, 0.15) is 0 Å². The van der Waals surface area contributed by atoms with Crippen molar-refractivity contribution in [2.24, 2.45) is 0 Å². The first-order chi connectivity index (χ1) is 8.74. The lowest BCUT2D eigenvalue weighted by Crippen LogP contribution is -2.09. The van der Waals surface area contributed by atoms with Crippen molar-refractivity contribution in [2.45, 2.75) is 0 Å². The molecule has 2 heterocycles. The first-order valence-corrected chi connectivity index (χ1v) is 4.84. The number of esters is 2. The number of nitrogens with zero attached hydrogens (tertiary/aromatic N) is 2. The fourth-order valence-electron chi connectivity index (χ4n) is 1.01. The Morgan fingerprint density at radius 2 is 1.39 bits per heavy atom. The van der Waals surface area contributed by atoms with Crippen molar-refractivity contribution < 1.29 is 19.1 Å². The van der Waals surface area contributed by atoms with Gasteiger partial charge in [0.05, 0.1) is 0 Å². The van der Waals surface area contributed by atoms with Crippen LogP contribution in [0.4, 0.5) is 0 Å². The predicted octanol–water partition coefficient (Wildman–Crippen LogP) is 0.200. The summed E-state index contributed by atoms with van der Waals surface area (Å²) in [7, 11) is 0. The number of hydrogen-bond donors (Lipinski definition) is 2. The van der Waals surface area contributed by atoms with E-state index in [1.807, 2.05) is 0 Å². The van der Waals surface area contributed by atoms with E-state index in [-0.39, 0.29) is 12.0 Å². The molecule has 0 aromatic carbocycles. The number of imidazole rings is 2. The summed E-state index contributed by atoms with van der Waals surface area (Å²) in [6.07, 6.45) is 7.70. The van der Waals surface area contributed by atoms with E-state index in [0.717, 1.165) is 12.2 Å². The Labute approximate surface area is 101 Å². The molecule has 18 heavy (non-hydrogen) atoms. The molecule has 0 amide bonds. The average Bonchev–Trinajstić information content (AvgIpc) is 2.99. The number of aromatic amines is 2. The zero-order valence-corrected chi connectivity index (χ0v) is 8.99. The molecule has 0 radical (unpaired) electrons. The first-order valence-electron chi connectivity index (χ1n) is 4.84. The molecule has 8 heteroatoms. The quantitative estimate of drug-likeness (QED) is 0.590. The Hall–Kier alpha value is -2.90. The van der Waals surface area contributed by atoms with E-state index in [9.17, 15) is 9.59 Å². The van der Waals surface area contributed by atoms with Gasteiger partial charge in [-0.2, -0.15) is 0 Å². The second-order valence-electron chi connectivity index (χ2n) is 2.96. The Morgan fingerprint density at radius 1 is 0.944 bits per heavy atom. The largest absolute Gasteiger partial charge is 0.389 e. The fraction of sp³-hybridized carbons (Fsp3) is 0. The molecular formula is C10H8N4O4. The van der Waals surface area contributed by atoms with E-state index < -0.39 is 11.9 Å². The molecule has 0 bridgehead atoms. The standard InChI is InChI=1S/C10H8N4O4/c15-7(17-9-11-3-4-12-9)1-2-8(16)18-10-13-5-6-14-10/h1-6H,(H,11,12)(H,13,14)/b2-1+. The van der Waals surface area contributed by atoms with Crippen LogP contribution in [0.25, 0.3) is 0 Å². The van der Waals surface area contributed by atoms with Crippen LogP contribution in [-0.2, 0) is 9.59 Å². The van der Waals surface area contributed by atoms with Crippen LogP contribution in [0, 0.1) is 0 Å². The minimum Gasteiger partial charge on any atom is -0.389 e. The summed E-state index contributed by atoms with van der Waals surface area (Å²) < 4.78 is 9.43. The molecule has 0 spiro atoms. The molecule has 0 aliphatic carbocycles. The van der Waals surface area contributed by atoms with Gasteiger partial charge >= 0.3 is 24.0 Å². The van der Waals surface area contributed by atoms with E-state index in [4.69, 9.17) is 9.47 Å². The van der Waals surface area contributed by atoms with Gasteiger partial charge in [-0.1, -0.05) is 0 Å². The lowest BCUT2D eigenvalue weighted by atomic mass is 10.5. The maximum absolute atomic E-state index is 11.2. The van der Waals surface area contributed by atoms with E-state index in [1.54, 1.807) is 0 Å². The summed E-state index contributed by atoms with van der Waals surface area (Å²) >= 11 is 0. The van der Waals surface area contributed by atoms with Crippen molar-refractivity contribution in [3.63, 3.8) is 0 Å². The van der Waals surface area contributed by atoms with Crippen molar-refractivity contribution in [2.75, 3.05) is 0 Å². The van der Waals surface area contributed by atoms with Crippen LogP contribution in [0.3, 0.4) is 0 Å². The van der Waals surface area contributed by atoms with Gasteiger partial charge in [-0.15, -0.1) is 0 Å². The number of aromatic nitrogens is 4. The second-order valence-corrected chi connectivity index (χ2v) is 2.96. The third-order valence-electron chi connectivity index (χ3n) is 1.70. The summed E-state index contributed by atoms with van der Waals surface area (Å²) in [6.45, 7) is 0. The molecular weight excluding hydrogens is 240 g/mol. The molecule has 2 N–H and O–H groups in total. The van der Waals surface area contributed by atoms with Gasteiger partial charge in [0, 0.05) is 36.9 Å². The zero-order valence-electron chi connectivity index (χ0n) is 8.99. The Morgan fingerprint density at radius 3 is 1.72 bits per heavy atom. The number of H-pyrrole nitrogens is 2. The third-order valence-corrected chi connectivity index (χ3v) is 1.70. The monoisotopic (exact) mass is 248 g/mol. The fourth-order valence-corrected chi connectivity index (χ4v) is 1.01. The molecule has 0 atom stereocenters. The van der Waals surface area contributed by atoms with E-state index >= 15 is 0 Å². The van der Waals surface area contributed by atoms with Gasteiger partial charge in [-0.3, -0.25) is 0 Å². The molecule has 0 saturated heterocycles. The minimum absolute atomic E-state index is 0.0454. The molecule has 92 valence electrons. The van der Waals surface area contributed by atoms with Gasteiger partial charge in [0.2, 0.25) is 0 Å². The molecule has 2 aromatic rings. The van der Waals surface area contributed by atoms with E-state index in [0.29, 0.717) is 0 Å². The Bertz CT molecular complexity index is 494. The first kappa shape index (κ1) is 11.6. The topological polar surface area (TPSA) is 110 Å². The van der Waals surface area contributed by atoms with Gasteiger partial charge in [0.25, 0.3) is 0 Å². The minimum atomic E-state index is -0.749. The van der Waals surface area contributed by atoms with Gasteiger partial charge in [-0.05, 0) is 0 Å². The summed E-state index contributed by atoms with van der Waals surface area (Å²) in [4.78, 5) is 34.9. The van der Waals surface area contributed by atoms with Crippen LogP contribution < -0.4 is 9.47 Å². The van der Waals surface area contributed by atoms with Crippen LogP contribution in [-0.4, -0.2) is 31.9 Å². The van der Waals surface area contributed by atoms with E-state index in [2.05, 4.69) is 19.9 Å². The van der Waals surface area contributed by atoms with Crippen LogP contribution in [0.5, 0.6) is 12.0 Å². The highest BCUT2D eigenvalue weighted by Crippen LogP contribution is 2.01. The van der Waals surface area contributed by atoms with Crippen molar-refractivity contribution in [3.05, 3.63) is 36.9 Å². The third kappa shape index (κ3) is 3.30. The zero-order chi connectivity index (χ0) is 12.8. The lowest BCUT2D eigenvalue weighted by molar-refractivity contribution is -0.132. The Balaban J connectivity index is 1.83. The smallest absolute Gasteiger partial charge is 0.338 e. The maximum atomic E-state index is 11.2. The molecule has 2 rings (SSSR count). The number of ether oxygens (including phenoxy) is 2. The van der Waals surface area contributed by atoms with Crippen molar-refractivity contribution in [3.8, 4) is 12.0 Å². The Kier molecular flexibility index (Phi) is 3.50. The van der Waals surface area contributed by atoms with Crippen LogP contribution >= 0.6 is 0 Å². The van der Waals surface area contributed by atoms with Crippen LogP contribution in [0.1, 0.15) is 0 Å². The SMILES string of the molecule is O=C(/C=C/C(=O)Oc1ncc[nH]1)Oc1ncc[nH]1. The van der Waals surface area contributed by atoms with Crippen molar-refractivity contribution >= 4 is 11.9 Å². The van der Waals surface area contributed by atoms with Gasteiger partial charge < -0.3 is 19.4 Å². The summed E-state index contributed by atoms with van der Waals surface area (Å²) in [6, 6.07) is 0.0908. The average molecular weight is 248 g/mol.